The SMILES string of the molecule is O=C(c1ccc(Cl)cc1Br)c1cc(Br)sc1Br. The molecule has 0 aliphatic heterocycles. The second kappa shape index (κ2) is 5.53. The van der Waals surface area contributed by atoms with Gasteiger partial charge in [0.1, 0.15) is 0 Å². The van der Waals surface area contributed by atoms with E-state index in [2.05, 4.69) is 47.8 Å². The first-order valence-electron chi connectivity index (χ1n) is 4.43. The van der Waals surface area contributed by atoms with Gasteiger partial charge in [0.05, 0.1) is 7.57 Å². The van der Waals surface area contributed by atoms with E-state index in [1.165, 1.54) is 11.3 Å². The molecule has 2 rings (SSSR count). The zero-order chi connectivity index (χ0) is 12.6. The molecule has 2 aromatic rings. The molecule has 1 heterocycles. The van der Waals surface area contributed by atoms with Crippen LogP contribution in [-0.2, 0) is 0 Å². The van der Waals surface area contributed by atoms with Crippen molar-refractivity contribution in [2.45, 2.75) is 0 Å². The first-order valence-corrected chi connectivity index (χ1v) is 8.01. The minimum atomic E-state index is -0.0395. The molecule has 0 aliphatic rings. The van der Waals surface area contributed by atoms with Gasteiger partial charge in [-0.25, -0.2) is 0 Å². The fourth-order valence-corrected chi connectivity index (χ4v) is 4.97. The highest BCUT2D eigenvalue weighted by atomic mass is 79.9. The van der Waals surface area contributed by atoms with Crippen LogP contribution >= 0.6 is 70.7 Å². The standard InChI is InChI=1S/C11H4Br3ClOS/c12-8-3-5(15)1-2-6(8)10(16)7-4-9(13)17-11(7)14/h1-4H. The molecule has 0 aliphatic carbocycles. The van der Waals surface area contributed by atoms with E-state index in [0.717, 1.165) is 7.57 Å². The molecule has 88 valence electrons. The maximum Gasteiger partial charge on any atom is 0.196 e. The maximum absolute atomic E-state index is 12.3. The van der Waals surface area contributed by atoms with E-state index in [4.69, 9.17) is 11.6 Å². The molecular formula is C11H4Br3ClOS. The summed E-state index contributed by atoms with van der Waals surface area (Å²) in [6, 6.07) is 6.93. The van der Waals surface area contributed by atoms with Crippen molar-refractivity contribution in [2.75, 3.05) is 0 Å². The van der Waals surface area contributed by atoms with Crippen molar-refractivity contribution < 1.29 is 4.79 Å². The Labute approximate surface area is 133 Å². The molecule has 6 heteroatoms. The van der Waals surface area contributed by atoms with Gasteiger partial charge in [0.15, 0.2) is 5.78 Å². The summed E-state index contributed by atoms with van der Waals surface area (Å²) >= 11 is 17.4. The number of halogens is 4. The number of hydrogen-bond acceptors (Lipinski definition) is 2. The number of hydrogen-bond donors (Lipinski definition) is 0. The Balaban J connectivity index is 2.47. The van der Waals surface area contributed by atoms with Crippen LogP contribution in [-0.4, -0.2) is 5.78 Å². The molecule has 0 saturated carbocycles. The van der Waals surface area contributed by atoms with Crippen LogP contribution in [0.5, 0.6) is 0 Å². The first-order chi connectivity index (χ1) is 7.99. The average molecular weight is 459 g/mol. The predicted octanol–water partition coefficient (Wildman–Crippen LogP) is 5.92. The van der Waals surface area contributed by atoms with Crippen molar-refractivity contribution in [3.8, 4) is 0 Å². The summed E-state index contributed by atoms with van der Waals surface area (Å²) in [5, 5.41) is 0.596. The molecule has 0 unspecified atom stereocenters. The van der Waals surface area contributed by atoms with Gasteiger partial charge >= 0.3 is 0 Å². The molecule has 0 fully saturated rings. The van der Waals surface area contributed by atoms with E-state index in [1.54, 1.807) is 24.3 Å². The lowest BCUT2D eigenvalue weighted by Gasteiger charge is -2.03. The highest BCUT2D eigenvalue weighted by Crippen LogP contribution is 2.34. The van der Waals surface area contributed by atoms with E-state index in [9.17, 15) is 4.79 Å². The number of carbonyl (C=O) groups excluding carboxylic acids is 1. The first kappa shape index (κ1) is 13.7. The van der Waals surface area contributed by atoms with Gasteiger partial charge in [0, 0.05) is 20.6 Å². The zero-order valence-electron chi connectivity index (χ0n) is 8.14. The van der Waals surface area contributed by atoms with Gasteiger partial charge in [0.25, 0.3) is 0 Å². The van der Waals surface area contributed by atoms with Crippen LogP contribution in [0, 0.1) is 0 Å². The fraction of sp³-hybridized carbons (Fsp3) is 0. The van der Waals surface area contributed by atoms with Gasteiger partial charge in [-0.05, 0) is 72.1 Å². The van der Waals surface area contributed by atoms with Crippen molar-refractivity contribution in [2.24, 2.45) is 0 Å². The third-order valence-corrected chi connectivity index (χ3v) is 5.31. The van der Waals surface area contributed by atoms with Crippen LogP contribution in [0.4, 0.5) is 0 Å². The van der Waals surface area contributed by atoms with Crippen LogP contribution < -0.4 is 0 Å². The quantitative estimate of drug-likeness (QED) is 0.510. The van der Waals surface area contributed by atoms with Crippen LogP contribution in [0.2, 0.25) is 5.02 Å². The predicted molar refractivity (Wildman–Crippen MR) is 82.3 cm³/mol. The largest absolute Gasteiger partial charge is 0.288 e. The number of carbonyl (C=O) groups is 1. The van der Waals surface area contributed by atoms with Crippen molar-refractivity contribution in [3.05, 3.63) is 52.5 Å². The Morgan fingerprint density at radius 2 is 1.82 bits per heavy atom. The second-order valence-electron chi connectivity index (χ2n) is 3.19. The molecule has 1 nitrogen and oxygen atoms in total. The lowest BCUT2D eigenvalue weighted by Crippen LogP contribution is -2.01. The minimum Gasteiger partial charge on any atom is -0.288 e. The Morgan fingerprint density at radius 3 is 2.35 bits per heavy atom. The monoisotopic (exact) mass is 456 g/mol. The van der Waals surface area contributed by atoms with Crippen molar-refractivity contribution in [3.63, 3.8) is 0 Å². The lowest BCUT2D eigenvalue weighted by atomic mass is 10.1. The van der Waals surface area contributed by atoms with Gasteiger partial charge in [0.2, 0.25) is 0 Å². The van der Waals surface area contributed by atoms with E-state index in [-0.39, 0.29) is 5.78 Å². The molecule has 1 aromatic carbocycles. The van der Waals surface area contributed by atoms with E-state index in [1.807, 2.05) is 0 Å². The zero-order valence-corrected chi connectivity index (χ0v) is 14.5. The van der Waals surface area contributed by atoms with E-state index < -0.39 is 0 Å². The van der Waals surface area contributed by atoms with Crippen molar-refractivity contribution in [1.29, 1.82) is 0 Å². The van der Waals surface area contributed by atoms with Gasteiger partial charge in [-0.3, -0.25) is 4.79 Å². The molecule has 0 N–H and O–H groups in total. The average Bonchev–Trinajstić information content (AvgIpc) is 2.57. The lowest BCUT2D eigenvalue weighted by molar-refractivity contribution is 0.103. The fourth-order valence-electron chi connectivity index (χ4n) is 1.31. The molecule has 0 atom stereocenters. The van der Waals surface area contributed by atoms with Gasteiger partial charge in [-0.1, -0.05) is 11.6 Å². The van der Waals surface area contributed by atoms with Crippen LogP contribution in [0.1, 0.15) is 15.9 Å². The van der Waals surface area contributed by atoms with E-state index in [0.29, 0.717) is 20.6 Å². The normalized spacial score (nSPS) is 10.6. The van der Waals surface area contributed by atoms with Crippen LogP contribution in [0.3, 0.4) is 0 Å². The summed E-state index contributed by atoms with van der Waals surface area (Å²) in [7, 11) is 0. The highest BCUT2D eigenvalue weighted by Gasteiger charge is 2.17. The summed E-state index contributed by atoms with van der Waals surface area (Å²) in [4.78, 5) is 12.3. The number of ketones is 1. The number of benzene rings is 1. The van der Waals surface area contributed by atoms with Gasteiger partial charge in [-0.2, -0.15) is 0 Å². The molecule has 1 aromatic heterocycles. The number of rotatable bonds is 2. The molecule has 0 saturated heterocycles. The molecule has 0 amide bonds. The Bertz CT molecular complexity index is 594. The molecule has 0 spiro atoms. The van der Waals surface area contributed by atoms with Crippen molar-refractivity contribution in [1.82, 2.24) is 0 Å². The smallest absolute Gasteiger partial charge is 0.196 e. The van der Waals surface area contributed by atoms with Gasteiger partial charge < -0.3 is 0 Å². The summed E-state index contributed by atoms with van der Waals surface area (Å²) in [6.07, 6.45) is 0. The van der Waals surface area contributed by atoms with Crippen LogP contribution in [0.15, 0.2) is 36.3 Å². The Morgan fingerprint density at radius 1 is 1.12 bits per heavy atom. The molecule has 0 radical (unpaired) electrons. The summed E-state index contributed by atoms with van der Waals surface area (Å²) in [5.74, 6) is -0.0395. The highest BCUT2D eigenvalue weighted by molar-refractivity contribution is 9.12. The molecule has 17 heavy (non-hydrogen) atoms. The Hall–Kier alpha value is 0.320. The minimum absolute atomic E-state index is 0.0395. The third-order valence-electron chi connectivity index (χ3n) is 2.08. The maximum atomic E-state index is 12.3. The topological polar surface area (TPSA) is 17.1 Å². The van der Waals surface area contributed by atoms with Crippen LogP contribution in [0.25, 0.3) is 0 Å². The van der Waals surface area contributed by atoms with E-state index >= 15 is 0 Å². The van der Waals surface area contributed by atoms with Gasteiger partial charge in [-0.15, -0.1) is 11.3 Å². The third kappa shape index (κ3) is 3.01. The molecular weight excluding hydrogens is 455 g/mol. The molecule has 0 bridgehead atoms. The second-order valence-corrected chi connectivity index (χ2v) is 8.23. The summed E-state index contributed by atoms with van der Waals surface area (Å²) < 4.78 is 2.43. The Kier molecular flexibility index (Phi) is 4.47. The number of thiophene rings is 1. The summed E-state index contributed by atoms with van der Waals surface area (Å²) in [5.41, 5.74) is 1.24. The summed E-state index contributed by atoms with van der Waals surface area (Å²) in [6.45, 7) is 0. The van der Waals surface area contributed by atoms with Crippen molar-refractivity contribution >= 4 is 76.5 Å².